The Bertz CT molecular complexity index is 1280. The van der Waals surface area contributed by atoms with Gasteiger partial charge in [0.1, 0.15) is 28.2 Å². The molecule has 0 unspecified atom stereocenters. The summed E-state index contributed by atoms with van der Waals surface area (Å²) in [6, 6.07) is 8.49. The van der Waals surface area contributed by atoms with E-state index in [2.05, 4.69) is 4.98 Å². The number of fused-ring (bicyclic) bond motifs is 2. The van der Waals surface area contributed by atoms with Gasteiger partial charge in [0.15, 0.2) is 12.4 Å². The van der Waals surface area contributed by atoms with E-state index in [0.717, 1.165) is 4.90 Å². The molecule has 0 radical (unpaired) electrons. The Hall–Kier alpha value is -4.01. The molecule has 3 aromatic rings. The van der Waals surface area contributed by atoms with Crippen molar-refractivity contribution in [1.29, 1.82) is 0 Å². The average Bonchev–Trinajstić information content (AvgIpc) is 2.99. The van der Waals surface area contributed by atoms with Crippen molar-refractivity contribution in [3.8, 4) is 11.5 Å². The van der Waals surface area contributed by atoms with Crippen LogP contribution >= 0.6 is 0 Å². The molecule has 0 saturated carbocycles. The Morgan fingerprint density at radius 1 is 1.09 bits per heavy atom. The Kier molecular flexibility index (Phi) is 5.49. The molecule has 0 aliphatic carbocycles. The summed E-state index contributed by atoms with van der Waals surface area (Å²) in [6.07, 6.45) is 1.42. The van der Waals surface area contributed by atoms with Gasteiger partial charge in [-0.05, 0) is 50.6 Å². The number of phenolic OH excluding ortho intramolecular Hbond substituents is 1. The number of imide groups is 1. The summed E-state index contributed by atoms with van der Waals surface area (Å²) in [7, 11) is 0. The molecule has 0 spiro atoms. The maximum absolute atomic E-state index is 13.3. The van der Waals surface area contributed by atoms with E-state index in [1.165, 1.54) is 30.5 Å². The number of pyridine rings is 1. The lowest BCUT2D eigenvalue weighted by Gasteiger charge is -2.20. The molecule has 0 saturated heterocycles. The predicted molar refractivity (Wildman–Crippen MR) is 115 cm³/mol. The van der Waals surface area contributed by atoms with Gasteiger partial charge >= 0.3 is 5.97 Å². The first kappa shape index (κ1) is 22.2. The highest BCUT2D eigenvalue weighted by atomic mass is 19.1. The van der Waals surface area contributed by atoms with Gasteiger partial charge in [-0.1, -0.05) is 12.1 Å². The summed E-state index contributed by atoms with van der Waals surface area (Å²) >= 11 is 0. The molecule has 1 aromatic heterocycles. The Morgan fingerprint density at radius 3 is 2.42 bits per heavy atom. The van der Waals surface area contributed by atoms with Crippen molar-refractivity contribution in [3.05, 3.63) is 65.1 Å². The number of halogens is 1. The minimum absolute atomic E-state index is 0.0447. The van der Waals surface area contributed by atoms with Crippen LogP contribution in [0.4, 0.5) is 4.39 Å². The van der Waals surface area contributed by atoms with Crippen molar-refractivity contribution < 1.29 is 33.4 Å². The predicted octanol–water partition coefficient (Wildman–Crippen LogP) is 3.60. The Morgan fingerprint density at radius 2 is 1.76 bits per heavy atom. The SMILES string of the molecule is CC(C)(C)OC(=O)COc1c2c(c(O)c3ncccc13)C(=O)N(Cc1ccc(F)cc1)C2=O. The van der Waals surface area contributed by atoms with Crippen LogP contribution < -0.4 is 4.74 Å². The van der Waals surface area contributed by atoms with E-state index >= 15 is 0 Å². The zero-order valence-corrected chi connectivity index (χ0v) is 18.2. The monoisotopic (exact) mass is 452 g/mol. The second-order valence-corrected chi connectivity index (χ2v) is 8.53. The molecular formula is C24H21FN2O6. The summed E-state index contributed by atoms with van der Waals surface area (Å²) in [6.45, 7) is 4.47. The highest BCUT2D eigenvalue weighted by molar-refractivity contribution is 6.26. The number of rotatable bonds is 5. The number of benzene rings is 2. The average molecular weight is 452 g/mol. The number of amides is 2. The number of aromatic nitrogens is 1. The largest absolute Gasteiger partial charge is 0.505 e. The lowest BCUT2D eigenvalue weighted by atomic mass is 10.0. The minimum Gasteiger partial charge on any atom is -0.505 e. The molecule has 0 fully saturated rings. The highest BCUT2D eigenvalue weighted by Crippen LogP contribution is 2.44. The summed E-state index contributed by atoms with van der Waals surface area (Å²) in [5, 5.41) is 11.0. The van der Waals surface area contributed by atoms with Crippen molar-refractivity contribution in [1.82, 2.24) is 9.88 Å². The van der Waals surface area contributed by atoms with Crippen molar-refractivity contribution in [3.63, 3.8) is 0 Å². The van der Waals surface area contributed by atoms with Crippen LogP contribution in [0.15, 0.2) is 42.6 Å². The third-order valence-corrected chi connectivity index (χ3v) is 4.92. The molecule has 1 N–H and O–H groups in total. The van der Waals surface area contributed by atoms with E-state index in [4.69, 9.17) is 9.47 Å². The minimum atomic E-state index is -0.744. The second kappa shape index (κ2) is 8.16. The molecule has 0 atom stereocenters. The quantitative estimate of drug-likeness (QED) is 0.466. The first-order valence-electron chi connectivity index (χ1n) is 10.2. The number of phenols is 1. The number of carbonyl (C=O) groups is 3. The second-order valence-electron chi connectivity index (χ2n) is 8.53. The molecule has 2 heterocycles. The van der Waals surface area contributed by atoms with Crippen LogP contribution in [0.2, 0.25) is 0 Å². The van der Waals surface area contributed by atoms with Crippen molar-refractivity contribution >= 4 is 28.7 Å². The Balaban J connectivity index is 1.76. The fourth-order valence-electron chi connectivity index (χ4n) is 3.60. The summed E-state index contributed by atoms with van der Waals surface area (Å²) in [4.78, 5) is 43.6. The summed E-state index contributed by atoms with van der Waals surface area (Å²) in [5.74, 6) is -3.07. The van der Waals surface area contributed by atoms with Crippen LogP contribution in [0.25, 0.3) is 10.9 Å². The van der Waals surface area contributed by atoms with Crippen LogP contribution in [0.1, 0.15) is 47.1 Å². The van der Waals surface area contributed by atoms with Crippen LogP contribution in [-0.4, -0.2) is 45.0 Å². The van der Waals surface area contributed by atoms with Gasteiger partial charge in [-0.25, -0.2) is 9.18 Å². The van der Waals surface area contributed by atoms with E-state index in [1.807, 2.05) is 0 Å². The number of esters is 1. The third kappa shape index (κ3) is 4.21. The molecule has 8 nitrogen and oxygen atoms in total. The van der Waals surface area contributed by atoms with Gasteiger partial charge in [0.2, 0.25) is 0 Å². The van der Waals surface area contributed by atoms with Gasteiger partial charge in [0.25, 0.3) is 11.8 Å². The van der Waals surface area contributed by atoms with E-state index in [1.54, 1.807) is 32.9 Å². The first-order valence-corrected chi connectivity index (χ1v) is 10.2. The normalized spacial score (nSPS) is 13.4. The molecule has 0 bridgehead atoms. The zero-order chi connectivity index (χ0) is 23.9. The van der Waals surface area contributed by atoms with Gasteiger partial charge in [0, 0.05) is 11.6 Å². The van der Waals surface area contributed by atoms with Crippen LogP contribution in [0.5, 0.6) is 11.5 Å². The van der Waals surface area contributed by atoms with Crippen molar-refractivity contribution in [2.75, 3.05) is 6.61 Å². The van der Waals surface area contributed by atoms with Crippen LogP contribution in [0.3, 0.4) is 0 Å². The molecular weight excluding hydrogens is 431 g/mol. The van der Waals surface area contributed by atoms with E-state index in [-0.39, 0.29) is 34.3 Å². The van der Waals surface area contributed by atoms with Crippen LogP contribution in [0, 0.1) is 5.82 Å². The van der Waals surface area contributed by atoms with Gasteiger partial charge < -0.3 is 14.6 Å². The summed E-state index contributed by atoms with van der Waals surface area (Å²) < 4.78 is 24.2. The number of hydrogen-bond donors (Lipinski definition) is 1. The fraction of sp³-hybridized carbons (Fsp3) is 0.250. The first-order chi connectivity index (χ1) is 15.6. The topological polar surface area (TPSA) is 106 Å². The van der Waals surface area contributed by atoms with Crippen LogP contribution in [-0.2, 0) is 16.1 Å². The molecule has 33 heavy (non-hydrogen) atoms. The standard InChI is InChI=1S/C24H21FN2O6/c1-24(2,3)33-16(28)12-32-21-15-5-4-10-26-19(15)20(29)17-18(21)23(31)27(22(17)30)11-13-6-8-14(25)9-7-13/h4-10,29H,11-12H2,1-3H3. The smallest absolute Gasteiger partial charge is 0.344 e. The number of aromatic hydroxyl groups is 1. The number of ether oxygens (including phenoxy) is 2. The molecule has 170 valence electrons. The number of carbonyl (C=O) groups excluding carboxylic acids is 3. The van der Waals surface area contributed by atoms with E-state index in [0.29, 0.717) is 5.56 Å². The number of hydrogen-bond acceptors (Lipinski definition) is 7. The maximum atomic E-state index is 13.3. The van der Waals surface area contributed by atoms with Crippen molar-refractivity contribution in [2.24, 2.45) is 0 Å². The molecule has 1 aliphatic heterocycles. The molecule has 1 aliphatic rings. The lowest BCUT2D eigenvalue weighted by molar-refractivity contribution is -0.157. The van der Waals surface area contributed by atoms with Crippen molar-refractivity contribution in [2.45, 2.75) is 32.9 Å². The Labute approximate surface area is 188 Å². The third-order valence-electron chi connectivity index (χ3n) is 4.92. The number of nitrogens with zero attached hydrogens (tertiary/aromatic N) is 2. The fourth-order valence-corrected chi connectivity index (χ4v) is 3.60. The molecule has 2 aromatic carbocycles. The highest BCUT2D eigenvalue weighted by Gasteiger charge is 2.42. The maximum Gasteiger partial charge on any atom is 0.344 e. The van der Waals surface area contributed by atoms with E-state index in [9.17, 15) is 23.9 Å². The zero-order valence-electron chi connectivity index (χ0n) is 18.2. The molecule has 9 heteroatoms. The van der Waals surface area contributed by atoms with E-state index < -0.39 is 41.6 Å². The summed E-state index contributed by atoms with van der Waals surface area (Å²) in [5.41, 5.74) is -0.584. The molecule has 2 amide bonds. The van der Waals surface area contributed by atoms with Gasteiger partial charge in [-0.2, -0.15) is 0 Å². The molecule has 4 rings (SSSR count). The van der Waals surface area contributed by atoms with Gasteiger partial charge in [-0.15, -0.1) is 0 Å². The lowest BCUT2D eigenvalue weighted by Crippen LogP contribution is -2.29. The van der Waals surface area contributed by atoms with Gasteiger partial charge in [-0.3, -0.25) is 19.5 Å². The van der Waals surface area contributed by atoms with Gasteiger partial charge in [0.05, 0.1) is 12.1 Å².